The summed E-state index contributed by atoms with van der Waals surface area (Å²) in [5, 5.41) is 20.2. The van der Waals surface area contributed by atoms with Crippen LogP contribution in [0.3, 0.4) is 0 Å². The highest BCUT2D eigenvalue weighted by atomic mass is 16.5. The van der Waals surface area contributed by atoms with E-state index in [0.29, 0.717) is 6.54 Å². The zero-order valence-corrected chi connectivity index (χ0v) is 10.9. The molecule has 0 radical (unpaired) electrons. The highest BCUT2D eigenvalue weighted by Crippen LogP contribution is 2.06. The van der Waals surface area contributed by atoms with Crippen LogP contribution < -0.4 is 0 Å². The van der Waals surface area contributed by atoms with Crippen LogP contribution >= 0.6 is 0 Å². The number of unbranched alkanes of at least 4 members (excludes halogenated alkanes) is 2. The second-order valence-electron chi connectivity index (χ2n) is 4.19. The molecule has 0 bridgehead atoms. The molecule has 1 heterocycles. The van der Waals surface area contributed by atoms with Crippen LogP contribution in [0.25, 0.3) is 0 Å². The summed E-state index contributed by atoms with van der Waals surface area (Å²) < 4.78 is 6.75. The number of methoxy groups -OCH3 is 1. The first-order valence-corrected chi connectivity index (χ1v) is 6.17. The van der Waals surface area contributed by atoms with Crippen molar-refractivity contribution >= 4 is 5.97 Å². The average Bonchev–Trinajstić information content (AvgIpc) is 2.75. The molecule has 0 saturated heterocycles. The second-order valence-corrected chi connectivity index (χ2v) is 4.19. The number of carboxylic acid groups (broad SMARTS) is 1. The fourth-order valence-corrected chi connectivity index (χ4v) is 1.69. The van der Waals surface area contributed by atoms with Crippen LogP contribution in [0.1, 0.15) is 38.4 Å². The number of aryl methyl sites for hydroxylation is 1. The van der Waals surface area contributed by atoms with Crippen LogP contribution in [0.4, 0.5) is 0 Å². The van der Waals surface area contributed by atoms with Crippen molar-refractivity contribution in [2.45, 2.75) is 51.7 Å². The van der Waals surface area contributed by atoms with Gasteiger partial charge in [-0.25, -0.2) is 4.68 Å². The van der Waals surface area contributed by atoms with Crippen molar-refractivity contribution in [1.82, 2.24) is 20.2 Å². The first-order chi connectivity index (χ1) is 8.67. The average molecular weight is 256 g/mol. The summed E-state index contributed by atoms with van der Waals surface area (Å²) in [6.07, 6.45) is 3.66. The van der Waals surface area contributed by atoms with Gasteiger partial charge in [0.2, 0.25) is 0 Å². The Balaban J connectivity index is 2.54. The van der Waals surface area contributed by atoms with Gasteiger partial charge >= 0.3 is 5.97 Å². The Bertz CT molecular complexity index is 367. The molecule has 0 aromatic carbocycles. The Morgan fingerprint density at radius 2 is 2.28 bits per heavy atom. The van der Waals surface area contributed by atoms with Gasteiger partial charge in [0.15, 0.2) is 5.82 Å². The molecule has 0 fully saturated rings. The number of tetrazole rings is 1. The van der Waals surface area contributed by atoms with E-state index in [1.807, 2.05) is 0 Å². The first kappa shape index (κ1) is 14.6. The van der Waals surface area contributed by atoms with Crippen LogP contribution in [0, 0.1) is 0 Å². The van der Waals surface area contributed by atoms with Gasteiger partial charge in [0.25, 0.3) is 0 Å². The molecule has 0 spiro atoms. The molecule has 0 amide bonds. The van der Waals surface area contributed by atoms with Crippen molar-refractivity contribution in [3.05, 3.63) is 5.82 Å². The molecular weight excluding hydrogens is 236 g/mol. The minimum absolute atomic E-state index is 0.0508. The standard InChI is InChI=1S/C11H20N4O3/c1-3-4-5-6-10-12-13-14-15(10)8-9(18-2)7-11(16)17/h9H,3-8H2,1-2H3,(H,16,17). The van der Waals surface area contributed by atoms with E-state index >= 15 is 0 Å². The van der Waals surface area contributed by atoms with Gasteiger partial charge in [-0.2, -0.15) is 0 Å². The van der Waals surface area contributed by atoms with Crippen LogP contribution in [-0.2, 0) is 22.5 Å². The van der Waals surface area contributed by atoms with Gasteiger partial charge in [-0.05, 0) is 16.8 Å². The first-order valence-electron chi connectivity index (χ1n) is 6.17. The maximum absolute atomic E-state index is 10.7. The molecule has 0 aliphatic heterocycles. The number of hydrogen-bond acceptors (Lipinski definition) is 5. The number of rotatable bonds is 9. The maximum Gasteiger partial charge on any atom is 0.306 e. The number of nitrogens with zero attached hydrogens (tertiary/aromatic N) is 4. The Kier molecular flexibility index (Phi) is 6.27. The van der Waals surface area contributed by atoms with Crippen molar-refractivity contribution < 1.29 is 14.6 Å². The topological polar surface area (TPSA) is 90.1 Å². The van der Waals surface area contributed by atoms with Crippen molar-refractivity contribution in [2.24, 2.45) is 0 Å². The molecule has 1 unspecified atom stereocenters. The lowest BCUT2D eigenvalue weighted by Crippen LogP contribution is -2.24. The molecule has 102 valence electrons. The highest BCUT2D eigenvalue weighted by molar-refractivity contribution is 5.67. The lowest BCUT2D eigenvalue weighted by Gasteiger charge is -2.13. The molecule has 7 heteroatoms. The van der Waals surface area contributed by atoms with E-state index in [-0.39, 0.29) is 6.42 Å². The predicted octanol–water partition coefficient (Wildman–Crippen LogP) is 0.895. The lowest BCUT2D eigenvalue weighted by atomic mass is 10.2. The minimum Gasteiger partial charge on any atom is -0.481 e. The summed E-state index contributed by atoms with van der Waals surface area (Å²) >= 11 is 0. The number of carbonyl (C=O) groups is 1. The fourth-order valence-electron chi connectivity index (χ4n) is 1.69. The highest BCUT2D eigenvalue weighted by Gasteiger charge is 2.16. The van der Waals surface area contributed by atoms with Crippen LogP contribution in [0.15, 0.2) is 0 Å². The zero-order chi connectivity index (χ0) is 13.4. The minimum atomic E-state index is -0.887. The maximum atomic E-state index is 10.7. The van der Waals surface area contributed by atoms with Gasteiger partial charge in [0.1, 0.15) is 0 Å². The van der Waals surface area contributed by atoms with Gasteiger partial charge < -0.3 is 9.84 Å². The van der Waals surface area contributed by atoms with Crippen molar-refractivity contribution in [3.63, 3.8) is 0 Å². The van der Waals surface area contributed by atoms with Gasteiger partial charge in [-0.1, -0.05) is 19.8 Å². The Labute approximate surface area is 106 Å². The third kappa shape index (κ3) is 4.79. The summed E-state index contributed by atoms with van der Waals surface area (Å²) in [6.45, 7) is 2.51. The number of ether oxygens (including phenoxy) is 1. The van der Waals surface area contributed by atoms with Crippen LogP contribution in [0.5, 0.6) is 0 Å². The molecule has 1 N–H and O–H groups in total. The van der Waals surface area contributed by atoms with Gasteiger partial charge in [0, 0.05) is 13.5 Å². The summed E-state index contributed by atoms with van der Waals surface area (Å²) in [6, 6.07) is 0. The number of aliphatic carboxylic acids is 1. The largest absolute Gasteiger partial charge is 0.481 e. The summed E-state index contributed by atoms with van der Waals surface area (Å²) in [5.74, 6) is -0.0988. The monoisotopic (exact) mass is 256 g/mol. The van der Waals surface area contributed by atoms with Crippen molar-refractivity contribution in [3.8, 4) is 0 Å². The predicted molar refractivity (Wildman–Crippen MR) is 64.1 cm³/mol. The summed E-state index contributed by atoms with van der Waals surface area (Å²) in [4.78, 5) is 10.7. The number of carboxylic acids is 1. The molecular formula is C11H20N4O3. The Morgan fingerprint density at radius 3 is 2.89 bits per heavy atom. The lowest BCUT2D eigenvalue weighted by molar-refractivity contribution is -0.140. The van der Waals surface area contributed by atoms with E-state index in [0.717, 1.165) is 31.5 Å². The van der Waals surface area contributed by atoms with Crippen molar-refractivity contribution in [1.29, 1.82) is 0 Å². The van der Waals surface area contributed by atoms with Gasteiger partial charge in [0.05, 0.1) is 19.1 Å². The van der Waals surface area contributed by atoms with Crippen LogP contribution in [-0.4, -0.2) is 44.5 Å². The molecule has 1 rings (SSSR count). The van der Waals surface area contributed by atoms with E-state index in [1.165, 1.54) is 7.11 Å². The molecule has 1 aromatic heterocycles. The molecule has 1 atom stereocenters. The third-order valence-electron chi connectivity index (χ3n) is 2.72. The number of aromatic nitrogens is 4. The molecule has 0 aliphatic rings. The molecule has 7 nitrogen and oxygen atoms in total. The molecule has 0 saturated carbocycles. The van der Waals surface area contributed by atoms with E-state index in [1.54, 1.807) is 4.68 Å². The SMILES string of the molecule is CCCCCc1nnnn1CC(CC(=O)O)OC. The summed E-state index contributed by atoms with van der Waals surface area (Å²) in [5.41, 5.74) is 0. The van der Waals surface area contributed by atoms with Crippen LogP contribution in [0.2, 0.25) is 0 Å². The van der Waals surface area contributed by atoms with E-state index < -0.39 is 12.1 Å². The molecule has 1 aromatic rings. The van der Waals surface area contributed by atoms with E-state index in [2.05, 4.69) is 22.4 Å². The third-order valence-corrected chi connectivity index (χ3v) is 2.72. The van der Waals surface area contributed by atoms with E-state index in [4.69, 9.17) is 9.84 Å². The van der Waals surface area contributed by atoms with Gasteiger partial charge in [-0.15, -0.1) is 5.10 Å². The fraction of sp³-hybridized carbons (Fsp3) is 0.818. The normalized spacial score (nSPS) is 12.6. The quantitative estimate of drug-likeness (QED) is 0.660. The molecule has 18 heavy (non-hydrogen) atoms. The Morgan fingerprint density at radius 1 is 1.50 bits per heavy atom. The Hall–Kier alpha value is -1.50. The van der Waals surface area contributed by atoms with E-state index in [9.17, 15) is 4.79 Å². The summed E-state index contributed by atoms with van der Waals surface area (Å²) in [7, 11) is 1.49. The number of hydrogen-bond donors (Lipinski definition) is 1. The smallest absolute Gasteiger partial charge is 0.306 e. The second kappa shape index (κ2) is 7.75. The van der Waals surface area contributed by atoms with Gasteiger partial charge in [-0.3, -0.25) is 4.79 Å². The molecule has 0 aliphatic carbocycles. The van der Waals surface area contributed by atoms with Crippen molar-refractivity contribution in [2.75, 3.05) is 7.11 Å². The zero-order valence-electron chi connectivity index (χ0n) is 10.9.